The van der Waals surface area contributed by atoms with Crippen LogP contribution in [0.4, 0.5) is 4.39 Å². The number of hydrogen-bond acceptors (Lipinski definition) is 7. The largest absolute Gasteiger partial charge is 0.496 e. The van der Waals surface area contributed by atoms with E-state index in [1.54, 1.807) is 55.5 Å². The molecule has 0 saturated heterocycles. The Morgan fingerprint density at radius 3 is 2.61 bits per heavy atom. The van der Waals surface area contributed by atoms with Crippen LogP contribution in [0.2, 0.25) is 5.02 Å². The summed E-state index contributed by atoms with van der Waals surface area (Å²) in [6, 6.07) is 16.1. The summed E-state index contributed by atoms with van der Waals surface area (Å²) in [5, 5.41) is 0.433. The Labute approximate surface area is 271 Å². The predicted molar refractivity (Wildman–Crippen MR) is 173 cm³/mol. The third-order valence-corrected chi connectivity index (χ3v) is 8.81. The van der Waals surface area contributed by atoms with Crippen LogP contribution in [0.15, 0.2) is 86.2 Å². The van der Waals surface area contributed by atoms with Crippen LogP contribution in [0.25, 0.3) is 6.08 Å². The first kappa shape index (κ1) is 31.7. The molecule has 228 valence electrons. The number of halogens is 3. The maximum absolute atomic E-state index is 14.1. The number of esters is 1. The Kier molecular flexibility index (Phi) is 10.0. The number of carbonyl (C=O) groups excluding carboxylic acids is 1. The molecule has 2 heterocycles. The molecule has 7 nitrogen and oxygen atoms in total. The van der Waals surface area contributed by atoms with Crippen molar-refractivity contribution in [2.75, 3.05) is 13.7 Å². The number of allylic oxidation sites excluding steroid dienone is 1. The Balaban J connectivity index is 1.61. The molecular formula is C33H29BrClFN2O5S. The second kappa shape index (κ2) is 13.9. The molecule has 4 aromatic rings. The highest BCUT2D eigenvalue weighted by atomic mass is 79.9. The van der Waals surface area contributed by atoms with Crippen LogP contribution in [-0.4, -0.2) is 24.3 Å². The van der Waals surface area contributed by atoms with Crippen LogP contribution in [-0.2, 0) is 16.1 Å². The maximum Gasteiger partial charge on any atom is 0.338 e. The number of nitrogens with zero attached hydrogens (tertiary/aromatic N) is 2. The highest BCUT2D eigenvalue weighted by molar-refractivity contribution is 9.10. The molecule has 0 fully saturated rings. The van der Waals surface area contributed by atoms with Crippen molar-refractivity contribution in [1.82, 2.24) is 4.57 Å². The van der Waals surface area contributed by atoms with E-state index >= 15 is 0 Å². The van der Waals surface area contributed by atoms with E-state index in [0.717, 1.165) is 12.0 Å². The van der Waals surface area contributed by atoms with Gasteiger partial charge in [0.1, 0.15) is 30.0 Å². The van der Waals surface area contributed by atoms with Crippen molar-refractivity contribution in [3.63, 3.8) is 0 Å². The van der Waals surface area contributed by atoms with Crippen LogP contribution >= 0.6 is 38.9 Å². The van der Waals surface area contributed by atoms with Crippen molar-refractivity contribution >= 4 is 50.9 Å². The highest BCUT2D eigenvalue weighted by Gasteiger charge is 2.36. The molecule has 3 aromatic carbocycles. The summed E-state index contributed by atoms with van der Waals surface area (Å²) >= 11 is 11.2. The van der Waals surface area contributed by atoms with Gasteiger partial charge in [0, 0.05) is 16.1 Å². The first-order valence-corrected chi connectivity index (χ1v) is 16.0. The summed E-state index contributed by atoms with van der Waals surface area (Å²) in [6.45, 7) is 3.97. The summed E-state index contributed by atoms with van der Waals surface area (Å²) in [4.78, 5) is 32.8. The smallest absolute Gasteiger partial charge is 0.338 e. The van der Waals surface area contributed by atoms with Crippen molar-refractivity contribution in [3.05, 3.63) is 124 Å². The SMILES string of the molecule is CCCC1=C(C(=O)OCC)[C@H](c2cc(Cl)ccc2OC)n2c(s/c(=C/c3ccc(OCc4ccccc4F)c(Br)c3)c2=O)=N1. The number of benzene rings is 3. The van der Waals surface area contributed by atoms with Gasteiger partial charge in [-0.05, 0) is 77.3 Å². The van der Waals surface area contributed by atoms with Gasteiger partial charge < -0.3 is 14.2 Å². The molecule has 0 amide bonds. The van der Waals surface area contributed by atoms with Gasteiger partial charge >= 0.3 is 5.97 Å². The van der Waals surface area contributed by atoms with Crippen molar-refractivity contribution < 1.29 is 23.4 Å². The van der Waals surface area contributed by atoms with Gasteiger partial charge in [0.25, 0.3) is 5.56 Å². The van der Waals surface area contributed by atoms with E-state index in [2.05, 4.69) is 15.9 Å². The second-order valence-electron chi connectivity index (χ2n) is 9.87. The zero-order chi connectivity index (χ0) is 31.4. The second-order valence-corrected chi connectivity index (χ2v) is 12.2. The van der Waals surface area contributed by atoms with E-state index in [-0.39, 0.29) is 30.2 Å². The molecule has 0 aliphatic carbocycles. The van der Waals surface area contributed by atoms with E-state index in [9.17, 15) is 14.0 Å². The monoisotopic (exact) mass is 698 g/mol. The Bertz CT molecular complexity index is 1940. The lowest BCUT2D eigenvalue weighted by molar-refractivity contribution is -0.139. The quantitative estimate of drug-likeness (QED) is 0.172. The standard InChI is InChI=1S/C33H29BrClFN2O5S/c1-4-8-25-29(32(40)42-5-2)30(22-17-21(35)12-14-26(22)41-3)38-31(39)28(44-33(38)37-25)16-19-11-13-27(23(34)15-19)43-18-20-9-6-7-10-24(20)36/h6-7,9-17,30H,4-5,8,18H2,1-3H3/b28-16+/t30-/m0/s1. The lowest BCUT2D eigenvalue weighted by Gasteiger charge is -2.27. The van der Waals surface area contributed by atoms with E-state index in [1.807, 2.05) is 19.1 Å². The molecule has 1 aliphatic rings. The molecule has 11 heteroatoms. The fourth-order valence-electron chi connectivity index (χ4n) is 4.98. The zero-order valence-corrected chi connectivity index (χ0v) is 27.4. The summed E-state index contributed by atoms with van der Waals surface area (Å²) in [5.74, 6) is 0.125. The fourth-order valence-corrected chi connectivity index (χ4v) is 6.69. The fraction of sp³-hybridized carbons (Fsp3) is 0.242. The molecule has 0 radical (unpaired) electrons. The third-order valence-electron chi connectivity index (χ3n) is 6.97. The topological polar surface area (TPSA) is 79.1 Å². The van der Waals surface area contributed by atoms with Crippen LogP contribution in [0.1, 0.15) is 49.4 Å². The van der Waals surface area contributed by atoms with Crippen LogP contribution < -0.4 is 24.4 Å². The van der Waals surface area contributed by atoms with Crippen molar-refractivity contribution in [2.24, 2.45) is 4.99 Å². The summed E-state index contributed by atoms with van der Waals surface area (Å²) in [7, 11) is 1.53. The van der Waals surface area contributed by atoms with E-state index < -0.39 is 12.0 Å². The molecule has 0 N–H and O–H groups in total. The highest BCUT2D eigenvalue weighted by Crippen LogP contribution is 2.38. The minimum Gasteiger partial charge on any atom is -0.496 e. The summed E-state index contributed by atoms with van der Waals surface area (Å²) < 4.78 is 33.5. The number of rotatable bonds is 10. The molecule has 0 spiro atoms. The number of thiazole rings is 1. The van der Waals surface area contributed by atoms with Gasteiger partial charge in [0.15, 0.2) is 4.80 Å². The van der Waals surface area contributed by atoms with Crippen LogP contribution in [0.5, 0.6) is 11.5 Å². The average Bonchev–Trinajstić information content (AvgIpc) is 3.31. The maximum atomic E-state index is 14.1. The van der Waals surface area contributed by atoms with Crippen molar-refractivity contribution in [1.29, 1.82) is 0 Å². The van der Waals surface area contributed by atoms with Crippen LogP contribution in [0.3, 0.4) is 0 Å². The lowest BCUT2D eigenvalue weighted by Crippen LogP contribution is -2.40. The number of hydrogen-bond donors (Lipinski definition) is 0. The molecular weight excluding hydrogens is 671 g/mol. The number of methoxy groups -OCH3 is 1. The van der Waals surface area contributed by atoms with Gasteiger partial charge in [-0.25, -0.2) is 14.2 Å². The Morgan fingerprint density at radius 2 is 1.91 bits per heavy atom. The normalized spacial score (nSPS) is 14.7. The van der Waals surface area contributed by atoms with Gasteiger partial charge in [0.2, 0.25) is 0 Å². The molecule has 5 rings (SSSR count). The van der Waals surface area contributed by atoms with E-state index in [1.165, 1.54) is 29.1 Å². The van der Waals surface area contributed by atoms with Gasteiger partial charge in [-0.15, -0.1) is 0 Å². The molecule has 1 aromatic heterocycles. The molecule has 0 saturated carbocycles. The lowest BCUT2D eigenvalue weighted by atomic mass is 9.93. The molecule has 1 aliphatic heterocycles. The zero-order valence-electron chi connectivity index (χ0n) is 24.2. The molecule has 0 unspecified atom stereocenters. The first-order valence-electron chi connectivity index (χ1n) is 14.0. The van der Waals surface area contributed by atoms with Crippen molar-refractivity contribution in [2.45, 2.75) is 39.3 Å². The van der Waals surface area contributed by atoms with Gasteiger partial charge in [-0.1, -0.05) is 60.5 Å². The van der Waals surface area contributed by atoms with Gasteiger partial charge in [-0.3, -0.25) is 9.36 Å². The Hall–Kier alpha value is -3.73. The summed E-state index contributed by atoms with van der Waals surface area (Å²) in [6.07, 6.45) is 3.00. The Morgan fingerprint density at radius 1 is 1.14 bits per heavy atom. The number of ether oxygens (including phenoxy) is 3. The molecule has 44 heavy (non-hydrogen) atoms. The third kappa shape index (κ3) is 6.52. The average molecular weight is 700 g/mol. The summed E-state index contributed by atoms with van der Waals surface area (Å²) in [5.41, 5.74) is 2.25. The van der Waals surface area contributed by atoms with Gasteiger partial charge in [0.05, 0.1) is 34.0 Å². The van der Waals surface area contributed by atoms with E-state index in [4.69, 9.17) is 30.8 Å². The van der Waals surface area contributed by atoms with Crippen molar-refractivity contribution in [3.8, 4) is 11.5 Å². The number of aromatic nitrogens is 1. The minimum absolute atomic E-state index is 0.0685. The minimum atomic E-state index is -0.858. The number of carbonyl (C=O) groups is 1. The molecule has 1 atom stereocenters. The number of fused-ring (bicyclic) bond motifs is 1. The van der Waals surface area contributed by atoms with Gasteiger partial charge in [-0.2, -0.15) is 0 Å². The molecule has 0 bridgehead atoms. The first-order chi connectivity index (χ1) is 21.2. The predicted octanol–water partition coefficient (Wildman–Crippen LogP) is 6.72. The van der Waals surface area contributed by atoms with Crippen LogP contribution in [0, 0.1) is 5.82 Å². The van der Waals surface area contributed by atoms with E-state index in [0.29, 0.717) is 53.6 Å².